The van der Waals surface area contributed by atoms with Crippen LogP contribution in [-0.4, -0.2) is 78.7 Å². The fourth-order valence-corrected chi connectivity index (χ4v) is 6.57. The first-order chi connectivity index (χ1) is 19.9. The molecule has 1 saturated carbocycles. The summed E-state index contributed by atoms with van der Waals surface area (Å²) in [5.74, 6) is 0.447. The molecule has 0 aromatic heterocycles. The first kappa shape index (κ1) is 29.5. The second kappa shape index (κ2) is 13.8. The van der Waals surface area contributed by atoms with Crippen LogP contribution in [0.2, 0.25) is 0 Å². The smallest absolute Gasteiger partial charge is 0.254 e. The van der Waals surface area contributed by atoms with Gasteiger partial charge >= 0.3 is 0 Å². The number of ether oxygens (including phenoxy) is 2. The van der Waals surface area contributed by atoms with Crippen LogP contribution in [0.5, 0.6) is 5.75 Å². The largest absolute Gasteiger partial charge is 0.497 e. The van der Waals surface area contributed by atoms with E-state index in [1.165, 1.54) is 11.1 Å². The summed E-state index contributed by atoms with van der Waals surface area (Å²) in [7, 11) is 1.60. The molecule has 3 fully saturated rings. The van der Waals surface area contributed by atoms with Crippen molar-refractivity contribution in [3.63, 3.8) is 0 Å². The summed E-state index contributed by atoms with van der Waals surface area (Å²) < 4.78 is 11.4. The third-order valence-corrected chi connectivity index (χ3v) is 9.06. The van der Waals surface area contributed by atoms with Gasteiger partial charge in [0.05, 0.1) is 13.2 Å². The second-order valence-electron chi connectivity index (χ2n) is 12.1. The molecular formula is C33H46N4O4. The molecule has 2 aliphatic heterocycles. The molecule has 2 heterocycles. The van der Waals surface area contributed by atoms with Gasteiger partial charge in [0.1, 0.15) is 11.8 Å². The Hall–Kier alpha value is -2.94. The molecule has 5 rings (SSSR count). The van der Waals surface area contributed by atoms with Crippen molar-refractivity contribution in [2.75, 3.05) is 26.8 Å². The van der Waals surface area contributed by atoms with Gasteiger partial charge in [-0.05, 0) is 82.1 Å². The highest BCUT2D eigenvalue weighted by molar-refractivity contribution is 5.98. The van der Waals surface area contributed by atoms with Crippen LogP contribution >= 0.6 is 0 Å². The zero-order valence-corrected chi connectivity index (χ0v) is 24.6. The van der Waals surface area contributed by atoms with Crippen LogP contribution in [0.25, 0.3) is 0 Å². The number of benzene rings is 2. The lowest BCUT2D eigenvalue weighted by Gasteiger charge is -2.44. The Balaban J connectivity index is 1.37. The van der Waals surface area contributed by atoms with Crippen molar-refractivity contribution in [2.24, 2.45) is 5.73 Å². The van der Waals surface area contributed by atoms with E-state index in [4.69, 9.17) is 15.2 Å². The maximum absolute atomic E-state index is 13.9. The number of rotatable bonds is 9. The predicted molar refractivity (Wildman–Crippen MR) is 160 cm³/mol. The van der Waals surface area contributed by atoms with E-state index >= 15 is 0 Å². The van der Waals surface area contributed by atoms with Crippen LogP contribution in [0.4, 0.5) is 0 Å². The molecule has 8 nitrogen and oxygen atoms in total. The van der Waals surface area contributed by atoms with Crippen molar-refractivity contribution in [2.45, 2.75) is 95.1 Å². The molecule has 41 heavy (non-hydrogen) atoms. The van der Waals surface area contributed by atoms with E-state index in [1.54, 1.807) is 24.1 Å². The Labute approximate surface area is 244 Å². The average Bonchev–Trinajstić information content (AvgIpc) is 3.51. The van der Waals surface area contributed by atoms with Gasteiger partial charge in [-0.1, -0.05) is 35.9 Å². The Morgan fingerprint density at radius 3 is 2.56 bits per heavy atom. The highest BCUT2D eigenvalue weighted by Gasteiger charge is 2.40. The lowest BCUT2D eigenvalue weighted by Crippen LogP contribution is -2.59. The van der Waals surface area contributed by atoms with E-state index in [0.717, 1.165) is 64.6 Å². The van der Waals surface area contributed by atoms with Crippen molar-refractivity contribution in [3.05, 3.63) is 65.2 Å². The summed E-state index contributed by atoms with van der Waals surface area (Å²) in [5, 5.41) is 3.30. The number of aryl methyl sites for hydroxylation is 1. The topological polar surface area (TPSA) is 97.1 Å². The zero-order chi connectivity index (χ0) is 28.8. The second-order valence-corrected chi connectivity index (χ2v) is 12.1. The van der Waals surface area contributed by atoms with Gasteiger partial charge in [-0.3, -0.25) is 14.5 Å². The Kier molecular flexibility index (Phi) is 9.96. The normalized spacial score (nSPS) is 26.6. The zero-order valence-electron chi connectivity index (χ0n) is 24.6. The number of nitrogens with one attached hydrogen (secondary N) is 1. The monoisotopic (exact) mass is 562 g/mol. The molecule has 2 unspecified atom stereocenters. The lowest BCUT2D eigenvalue weighted by atomic mass is 9.90. The first-order valence-electron chi connectivity index (χ1n) is 15.3. The minimum atomic E-state index is -0.548. The molecule has 3 atom stereocenters. The van der Waals surface area contributed by atoms with Gasteiger partial charge in [-0.2, -0.15) is 0 Å². The highest BCUT2D eigenvalue weighted by atomic mass is 16.5. The number of piperidine rings is 1. The van der Waals surface area contributed by atoms with E-state index in [2.05, 4.69) is 41.4 Å². The quantitative estimate of drug-likeness (QED) is 0.479. The van der Waals surface area contributed by atoms with Crippen LogP contribution in [0, 0.1) is 6.92 Å². The molecule has 222 valence electrons. The minimum Gasteiger partial charge on any atom is -0.497 e. The molecule has 2 aromatic rings. The van der Waals surface area contributed by atoms with Crippen LogP contribution in [0.3, 0.4) is 0 Å². The molecule has 2 saturated heterocycles. The van der Waals surface area contributed by atoms with E-state index in [-0.39, 0.29) is 36.0 Å². The summed E-state index contributed by atoms with van der Waals surface area (Å²) >= 11 is 0. The summed E-state index contributed by atoms with van der Waals surface area (Å²) in [4.78, 5) is 32.0. The number of carbonyl (C=O) groups is 2. The van der Waals surface area contributed by atoms with E-state index in [9.17, 15) is 9.59 Å². The van der Waals surface area contributed by atoms with Gasteiger partial charge in [-0.25, -0.2) is 0 Å². The van der Waals surface area contributed by atoms with Gasteiger partial charge < -0.3 is 25.4 Å². The number of nitrogens with zero attached hydrogens (tertiary/aromatic N) is 2. The molecule has 2 amide bonds. The molecule has 3 N–H and O–H groups in total. The number of hydrogen-bond acceptors (Lipinski definition) is 6. The molecular weight excluding hydrogens is 516 g/mol. The summed E-state index contributed by atoms with van der Waals surface area (Å²) in [6, 6.07) is 15.8. The highest BCUT2D eigenvalue weighted by Crippen LogP contribution is 2.29. The van der Waals surface area contributed by atoms with Crippen molar-refractivity contribution < 1.29 is 19.1 Å². The van der Waals surface area contributed by atoms with Gasteiger partial charge in [0.25, 0.3) is 5.91 Å². The Morgan fingerprint density at radius 2 is 1.85 bits per heavy atom. The van der Waals surface area contributed by atoms with Gasteiger partial charge in [0.15, 0.2) is 0 Å². The van der Waals surface area contributed by atoms with Crippen LogP contribution in [-0.2, 0) is 16.1 Å². The molecule has 8 heteroatoms. The number of amides is 2. The number of hydrogen-bond donors (Lipinski definition) is 2. The molecule has 1 aliphatic carbocycles. The van der Waals surface area contributed by atoms with E-state index in [0.29, 0.717) is 24.3 Å². The Bertz CT molecular complexity index is 1160. The summed E-state index contributed by atoms with van der Waals surface area (Å²) in [5.41, 5.74) is 9.15. The standard InChI is InChI=1S/C33H46N4O4/c1-23-8-10-24(11-9-23)21-36(22-30-7-4-18-41-30)28-16-17-37(33(39)25-5-3-6-29(19-25)40-2)31(20-28)32(38)35-27-14-12-26(34)13-15-27/h3,5-6,8-11,19,26-28,30-31H,4,7,12-18,20-22,34H2,1-2H3,(H,35,38)/t26?,27?,28?,30?,31-/m1/s1. The summed E-state index contributed by atoms with van der Waals surface area (Å²) in [6.07, 6.45) is 7.33. The maximum atomic E-state index is 13.9. The fraction of sp³-hybridized carbons (Fsp3) is 0.576. The fourth-order valence-electron chi connectivity index (χ4n) is 6.57. The minimum absolute atomic E-state index is 0.0566. The Morgan fingerprint density at radius 1 is 1.07 bits per heavy atom. The molecule has 2 aromatic carbocycles. The molecule has 0 spiro atoms. The number of nitrogens with two attached hydrogens (primary N) is 1. The van der Waals surface area contributed by atoms with Crippen molar-refractivity contribution in [1.29, 1.82) is 0 Å². The van der Waals surface area contributed by atoms with Crippen molar-refractivity contribution in [3.8, 4) is 5.75 Å². The van der Waals surface area contributed by atoms with Gasteiger partial charge in [-0.15, -0.1) is 0 Å². The average molecular weight is 563 g/mol. The van der Waals surface area contributed by atoms with Crippen molar-refractivity contribution in [1.82, 2.24) is 15.1 Å². The van der Waals surface area contributed by atoms with Crippen LogP contribution in [0.15, 0.2) is 48.5 Å². The predicted octanol–water partition coefficient (Wildman–Crippen LogP) is 4.04. The number of carbonyl (C=O) groups excluding carboxylic acids is 2. The molecule has 0 bridgehead atoms. The number of likely N-dealkylation sites (tertiary alicyclic amines) is 1. The van der Waals surface area contributed by atoms with Crippen LogP contribution < -0.4 is 15.8 Å². The van der Waals surface area contributed by atoms with Crippen LogP contribution in [0.1, 0.15) is 72.9 Å². The first-order valence-corrected chi connectivity index (χ1v) is 15.3. The SMILES string of the molecule is COc1cccc(C(=O)N2CCC(N(Cc3ccc(C)cc3)CC3CCCO3)C[C@@H]2C(=O)NC2CCC(N)CC2)c1. The molecule has 0 radical (unpaired) electrons. The van der Waals surface area contributed by atoms with Gasteiger partial charge in [0, 0.05) is 49.9 Å². The third-order valence-electron chi connectivity index (χ3n) is 9.06. The third kappa shape index (κ3) is 7.67. The maximum Gasteiger partial charge on any atom is 0.254 e. The summed E-state index contributed by atoms with van der Waals surface area (Å²) in [6.45, 7) is 5.06. The van der Waals surface area contributed by atoms with E-state index in [1.807, 2.05) is 12.1 Å². The van der Waals surface area contributed by atoms with E-state index < -0.39 is 6.04 Å². The number of methoxy groups -OCH3 is 1. The lowest BCUT2D eigenvalue weighted by molar-refractivity contribution is -0.128. The van der Waals surface area contributed by atoms with Crippen molar-refractivity contribution >= 4 is 11.8 Å². The van der Waals surface area contributed by atoms with Gasteiger partial charge in [0.2, 0.25) is 5.91 Å². The molecule has 3 aliphatic rings.